The van der Waals surface area contributed by atoms with Gasteiger partial charge >= 0.3 is 0 Å². The van der Waals surface area contributed by atoms with Gasteiger partial charge in [0.25, 0.3) is 5.91 Å². The molecule has 5 heteroatoms. The first-order chi connectivity index (χ1) is 12.7. The highest BCUT2D eigenvalue weighted by molar-refractivity contribution is 6.07. The molecule has 0 radical (unpaired) electrons. The van der Waals surface area contributed by atoms with Crippen molar-refractivity contribution in [2.75, 3.05) is 39.4 Å². The Morgan fingerprint density at radius 1 is 1.19 bits per heavy atom. The van der Waals surface area contributed by atoms with E-state index in [1.54, 1.807) is 0 Å². The normalized spacial score (nSPS) is 19.3. The third-order valence-corrected chi connectivity index (χ3v) is 5.91. The number of carbonyl (C=O) groups excluding carboxylic acids is 1. The minimum Gasteiger partial charge on any atom is -0.379 e. The van der Waals surface area contributed by atoms with Crippen molar-refractivity contribution in [2.45, 2.75) is 31.7 Å². The lowest BCUT2D eigenvalue weighted by Crippen LogP contribution is -2.46. The van der Waals surface area contributed by atoms with Crippen LogP contribution in [-0.2, 0) is 11.8 Å². The zero-order valence-electron chi connectivity index (χ0n) is 15.7. The lowest BCUT2D eigenvalue weighted by molar-refractivity contribution is 0.0298. The van der Waals surface area contributed by atoms with Crippen LogP contribution in [0, 0.1) is 0 Å². The smallest absolute Gasteiger partial charge is 0.256 e. The summed E-state index contributed by atoms with van der Waals surface area (Å²) in [6.45, 7) is 5.31. The molecule has 2 aromatic rings. The zero-order chi connectivity index (χ0) is 17.9. The van der Waals surface area contributed by atoms with E-state index >= 15 is 0 Å². The monoisotopic (exact) mass is 355 g/mol. The van der Waals surface area contributed by atoms with E-state index in [-0.39, 0.29) is 5.91 Å². The van der Waals surface area contributed by atoms with E-state index < -0.39 is 0 Å². The first-order valence-electron chi connectivity index (χ1n) is 9.89. The molecule has 1 saturated heterocycles. The number of rotatable bonds is 5. The first-order valence-corrected chi connectivity index (χ1v) is 9.89. The number of fused-ring (bicyclic) bond motifs is 1. The minimum absolute atomic E-state index is 0.196. The van der Waals surface area contributed by atoms with E-state index in [9.17, 15) is 4.79 Å². The molecule has 0 unspecified atom stereocenters. The van der Waals surface area contributed by atoms with Gasteiger partial charge in [0, 0.05) is 56.4 Å². The van der Waals surface area contributed by atoms with Crippen molar-refractivity contribution in [3.05, 3.63) is 36.0 Å². The fraction of sp³-hybridized carbons (Fsp3) is 0.571. The van der Waals surface area contributed by atoms with Crippen molar-refractivity contribution >= 4 is 16.8 Å². The largest absolute Gasteiger partial charge is 0.379 e. The van der Waals surface area contributed by atoms with Gasteiger partial charge in [-0.2, -0.15) is 0 Å². The van der Waals surface area contributed by atoms with E-state index in [4.69, 9.17) is 4.74 Å². The summed E-state index contributed by atoms with van der Waals surface area (Å²) in [4.78, 5) is 18.1. The summed E-state index contributed by atoms with van der Waals surface area (Å²) in [5, 5.41) is 1.06. The van der Waals surface area contributed by atoms with E-state index in [0.29, 0.717) is 6.04 Å². The molecule has 0 atom stereocenters. The summed E-state index contributed by atoms with van der Waals surface area (Å²) < 4.78 is 7.52. The van der Waals surface area contributed by atoms with Gasteiger partial charge in [-0.15, -0.1) is 0 Å². The summed E-state index contributed by atoms with van der Waals surface area (Å²) in [5.41, 5.74) is 1.97. The Bertz CT molecular complexity index is 758. The summed E-state index contributed by atoms with van der Waals surface area (Å²) in [6.07, 6.45) is 6.76. The van der Waals surface area contributed by atoms with Gasteiger partial charge in [0.15, 0.2) is 0 Å². The van der Waals surface area contributed by atoms with Crippen LogP contribution >= 0.6 is 0 Å². The summed E-state index contributed by atoms with van der Waals surface area (Å²) in [7, 11) is 2.02. The Morgan fingerprint density at radius 2 is 1.92 bits per heavy atom. The molecule has 1 aromatic carbocycles. The molecule has 1 amide bonds. The van der Waals surface area contributed by atoms with E-state index in [1.807, 2.05) is 25.4 Å². The molecular formula is C21H29N3O2. The van der Waals surface area contributed by atoms with Gasteiger partial charge in [-0.05, 0) is 18.9 Å². The van der Waals surface area contributed by atoms with Crippen molar-refractivity contribution in [1.82, 2.24) is 14.4 Å². The van der Waals surface area contributed by atoms with Crippen LogP contribution in [-0.4, -0.2) is 65.7 Å². The Balaban J connectivity index is 1.56. The van der Waals surface area contributed by atoms with Gasteiger partial charge in [-0.1, -0.05) is 31.0 Å². The molecule has 1 aromatic heterocycles. The van der Waals surface area contributed by atoms with Crippen molar-refractivity contribution < 1.29 is 9.53 Å². The van der Waals surface area contributed by atoms with Crippen LogP contribution in [0.15, 0.2) is 30.5 Å². The number of aromatic nitrogens is 1. The number of aryl methyl sites for hydroxylation is 1. The Hall–Kier alpha value is -1.85. The third kappa shape index (κ3) is 3.51. The number of ether oxygens (including phenoxy) is 1. The lowest BCUT2D eigenvalue weighted by Gasteiger charge is -2.33. The van der Waals surface area contributed by atoms with Crippen LogP contribution in [0.2, 0.25) is 0 Å². The number of benzene rings is 1. The summed E-state index contributed by atoms with van der Waals surface area (Å²) in [6, 6.07) is 8.59. The highest BCUT2D eigenvalue weighted by Crippen LogP contribution is 2.28. The topological polar surface area (TPSA) is 37.7 Å². The number of amides is 1. The van der Waals surface area contributed by atoms with Crippen LogP contribution in [0.25, 0.3) is 10.9 Å². The van der Waals surface area contributed by atoms with Crippen LogP contribution in [0.1, 0.15) is 36.0 Å². The van der Waals surface area contributed by atoms with E-state index in [1.165, 1.54) is 12.8 Å². The second kappa shape index (κ2) is 7.80. The number of hydrogen-bond donors (Lipinski definition) is 0. The number of para-hydroxylation sites is 1. The molecule has 4 rings (SSSR count). The highest BCUT2D eigenvalue weighted by atomic mass is 16.5. The first kappa shape index (κ1) is 17.6. The fourth-order valence-corrected chi connectivity index (χ4v) is 4.41. The standard InChI is InChI=1S/C21H29N3O2/c1-22-16-19(18-8-4-5-9-20(18)22)21(25)24(17-6-2-3-7-17)11-10-23-12-14-26-15-13-23/h4-5,8-9,16-17H,2-3,6-7,10-15H2,1H3. The maximum atomic E-state index is 13.5. The predicted molar refractivity (Wildman–Crippen MR) is 103 cm³/mol. The predicted octanol–water partition coefficient (Wildman–Crippen LogP) is 2.90. The molecule has 5 nitrogen and oxygen atoms in total. The van der Waals surface area contributed by atoms with Gasteiger partial charge in [-0.3, -0.25) is 9.69 Å². The second-order valence-corrected chi connectivity index (χ2v) is 7.56. The van der Waals surface area contributed by atoms with Crippen molar-refractivity contribution in [2.24, 2.45) is 7.05 Å². The van der Waals surface area contributed by atoms with Crippen molar-refractivity contribution in [1.29, 1.82) is 0 Å². The molecule has 1 saturated carbocycles. The zero-order valence-corrected chi connectivity index (χ0v) is 15.7. The lowest BCUT2D eigenvalue weighted by atomic mass is 10.1. The quantitative estimate of drug-likeness (QED) is 0.828. The molecule has 1 aliphatic heterocycles. The average molecular weight is 355 g/mol. The molecular weight excluding hydrogens is 326 g/mol. The molecule has 0 spiro atoms. The van der Waals surface area contributed by atoms with E-state index in [0.717, 1.165) is 68.7 Å². The number of carbonyl (C=O) groups is 1. The van der Waals surface area contributed by atoms with Gasteiger partial charge in [-0.25, -0.2) is 0 Å². The third-order valence-electron chi connectivity index (χ3n) is 5.91. The fourth-order valence-electron chi connectivity index (χ4n) is 4.41. The van der Waals surface area contributed by atoms with Gasteiger partial charge < -0.3 is 14.2 Å². The second-order valence-electron chi connectivity index (χ2n) is 7.56. The van der Waals surface area contributed by atoms with Gasteiger partial charge in [0.05, 0.1) is 18.8 Å². The maximum Gasteiger partial charge on any atom is 0.256 e. The molecule has 2 fully saturated rings. The van der Waals surface area contributed by atoms with Gasteiger partial charge in [0.2, 0.25) is 0 Å². The summed E-state index contributed by atoms with van der Waals surface area (Å²) >= 11 is 0. The van der Waals surface area contributed by atoms with Gasteiger partial charge in [0.1, 0.15) is 0 Å². The van der Waals surface area contributed by atoms with Crippen LogP contribution < -0.4 is 0 Å². The molecule has 1 aliphatic carbocycles. The number of hydrogen-bond acceptors (Lipinski definition) is 3. The number of morpholine rings is 1. The summed E-state index contributed by atoms with van der Waals surface area (Å²) in [5.74, 6) is 0.196. The number of nitrogens with zero attached hydrogens (tertiary/aromatic N) is 3. The maximum absolute atomic E-state index is 13.5. The van der Waals surface area contributed by atoms with Crippen LogP contribution in [0.5, 0.6) is 0 Å². The molecule has 0 N–H and O–H groups in total. The molecule has 0 bridgehead atoms. The Labute approximate surface area is 155 Å². The van der Waals surface area contributed by atoms with Crippen LogP contribution in [0.4, 0.5) is 0 Å². The minimum atomic E-state index is 0.196. The van der Waals surface area contributed by atoms with E-state index in [2.05, 4.69) is 26.5 Å². The Kier molecular flexibility index (Phi) is 5.27. The van der Waals surface area contributed by atoms with Crippen molar-refractivity contribution in [3.63, 3.8) is 0 Å². The van der Waals surface area contributed by atoms with Crippen molar-refractivity contribution in [3.8, 4) is 0 Å². The average Bonchev–Trinajstić information content (AvgIpc) is 3.32. The highest BCUT2D eigenvalue weighted by Gasteiger charge is 2.29. The molecule has 140 valence electrons. The Morgan fingerprint density at radius 3 is 2.69 bits per heavy atom. The molecule has 2 aliphatic rings. The molecule has 2 heterocycles. The molecule has 26 heavy (non-hydrogen) atoms. The van der Waals surface area contributed by atoms with Crippen LogP contribution in [0.3, 0.4) is 0 Å². The SMILES string of the molecule is Cn1cc(C(=O)N(CCN2CCOCC2)C2CCCC2)c2ccccc21.